The van der Waals surface area contributed by atoms with Gasteiger partial charge in [-0.1, -0.05) is 41.6 Å². The zero-order valence-electron chi connectivity index (χ0n) is 19.0. The van der Waals surface area contributed by atoms with E-state index in [4.69, 9.17) is 4.52 Å². The number of carbonyl (C=O) groups excluding carboxylic acids is 2. The maximum atomic E-state index is 13.5. The van der Waals surface area contributed by atoms with Gasteiger partial charge < -0.3 is 14.7 Å². The molecule has 0 spiro atoms. The number of carbonyl (C=O) groups is 2. The summed E-state index contributed by atoms with van der Waals surface area (Å²) < 4.78 is 5.40. The minimum Gasteiger partial charge on any atom is -0.360 e. The van der Waals surface area contributed by atoms with Crippen LogP contribution in [0, 0.1) is 13.8 Å². The van der Waals surface area contributed by atoms with Crippen molar-refractivity contribution in [3.05, 3.63) is 92.6 Å². The molecule has 1 aliphatic heterocycles. The molecular formula is C26H24N4O3S. The van der Waals surface area contributed by atoms with Crippen molar-refractivity contribution in [2.24, 2.45) is 0 Å². The molecule has 0 fully saturated rings. The number of amides is 2. The normalized spacial score (nSPS) is 12.9. The number of thiophene rings is 1. The third-order valence-electron chi connectivity index (χ3n) is 6.18. The molecule has 0 radical (unpaired) electrons. The summed E-state index contributed by atoms with van der Waals surface area (Å²) in [6, 6.07) is 13.3. The molecule has 0 aliphatic carbocycles. The molecule has 4 heterocycles. The van der Waals surface area contributed by atoms with Gasteiger partial charge in [0.1, 0.15) is 17.0 Å². The fourth-order valence-electron chi connectivity index (χ4n) is 4.37. The first-order chi connectivity index (χ1) is 16.5. The Morgan fingerprint density at radius 2 is 1.97 bits per heavy atom. The summed E-state index contributed by atoms with van der Waals surface area (Å²) in [5, 5.41) is 9.06. The van der Waals surface area contributed by atoms with E-state index in [1.807, 2.05) is 65.9 Å². The van der Waals surface area contributed by atoms with Gasteiger partial charge in [-0.15, -0.1) is 11.3 Å². The van der Waals surface area contributed by atoms with Crippen LogP contribution < -0.4 is 5.32 Å². The van der Waals surface area contributed by atoms with Crippen LogP contribution in [0.1, 0.15) is 48.2 Å². The maximum Gasteiger partial charge on any atom is 0.261 e. The summed E-state index contributed by atoms with van der Waals surface area (Å²) in [7, 11) is 0. The smallest absolute Gasteiger partial charge is 0.261 e. The lowest BCUT2D eigenvalue weighted by molar-refractivity contribution is 0.0733. The first kappa shape index (κ1) is 22.0. The lowest BCUT2D eigenvalue weighted by atomic mass is 9.94. The Labute approximate surface area is 201 Å². The van der Waals surface area contributed by atoms with Crippen LogP contribution in [0.5, 0.6) is 0 Å². The van der Waals surface area contributed by atoms with Crippen molar-refractivity contribution < 1.29 is 14.1 Å². The molecular weight excluding hydrogens is 448 g/mol. The first-order valence-electron chi connectivity index (χ1n) is 11.1. The summed E-state index contributed by atoms with van der Waals surface area (Å²) in [4.78, 5) is 33.0. The summed E-state index contributed by atoms with van der Waals surface area (Å²) in [5.74, 6) is 0.320. The van der Waals surface area contributed by atoms with Crippen molar-refractivity contribution in [1.82, 2.24) is 20.4 Å². The number of nitrogens with one attached hydrogen (secondary N) is 1. The second-order valence-electron chi connectivity index (χ2n) is 8.29. The number of hydrogen-bond acceptors (Lipinski definition) is 6. The molecule has 3 aromatic heterocycles. The van der Waals surface area contributed by atoms with Crippen LogP contribution in [0.4, 0.5) is 0 Å². The molecule has 4 aromatic rings. The highest BCUT2D eigenvalue weighted by Gasteiger charge is 2.29. The van der Waals surface area contributed by atoms with Gasteiger partial charge >= 0.3 is 0 Å². The Morgan fingerprint density at radius 3 is 2.74 bits per heavy atom. The Hall–Kier alpha value is -3.78. The highest BCUT2D eigenvalue weighted by Crippen LogP contribution is 2.30. The van der Waals surface area contributed by atoms with Crippen molar-refractivity contribution in [1.29, 1.82) is 0 Å². The zero-order valence-corrected chi connectivity index (χ0v) is 19.8. The van der Waals surface area contributed by atoms with Crippen LogP contribution >= 0.6 is 11.3 Å². The average Bonchev–Trinajstić information content (AvgIpc) is 3.53. The SMILES string of the molecule is Cc1ncc2c(c1CNC(=O)c1cccs1)CCN(C(=O)c1c(-c3ccccc3)noc1C)C2. The zero-order chi connectivity index (χ0) is 23.7. The standard InChI is InChI=1S/C26H24N4O3S/c1-16-21(14-28-25(31)22-9-6-12-34-22)20-10-11-30(15-19(20)13-27-16)26(32)23-17(2)33-29-24(23)18-7-4-3-5-8-18/h3-9,12-13H,10-11,14-15H2,1-2H3,(H,28,31). The monoisotopic (exact) mass is 472 g/mol. The van der Waals surface area contributed by atoms with Crippen LogP contribution in [0.15, 0.2) is 58.6 Å². The molecule has 2 amide bonds. The highest BCUT2D eigenvalue weighted by atomic mass is 32.1. The molecule has 0 atom stereocenters. The first-order valence-corrected chi connectivity index (χ1v) is 12.0. The molecule has 0 saturated heterocycles. The lowest BCUT2D eigenvalue weighted by Crippen LogP contribution is -2.37. The Kier molecular flexibility index (Phi) is 5.98. The molecule has 0 saturated carbocycles. The average molecular weight is 473 g/mol. The van der Waals surface area contributed by atoms with Gasteiger partial charge in [0.2, 0.25) is 0 Å². The van der Waals surface area contributed by atoms with Crippen molar-refractivity contribution >= 4 is 23.2 Å². The van der Waals surface area contributed by atoms with Crippen LogP contribution in [0.3, 0.4) is 0 Å². The Morgan fingerprint density at radius 1 is 1.15 bits per heavy atom. The van der Waals surface area contributed by atoms with E-state index in [1.54, 1.807) is 6.92 Å². The Bertz CT molecular complexity index is 1350. The number of benzene rings is 1. The molecule has 1 N–H and O–H groups in total. The fraction of sp³-hybridized carbons (Fsp3) is 0.231. The largest absolute Gasteiger partial charge is 0.360 e. The topological polar surface area (TPSA) is 88.3 Å². The number of rotatable bonds is 5. The summed E-state index contributed by atoms with van der Waals surface area (Å²) in [6.07, 6.45) is 2.53. The Balaban J connectivity index is 1.37. The summed E-state index contributed by atoms with van der Waals surface area (Å²) in [5.41, 5.74) is 5.99. The van der Waals surface area contributed by atoms with Crippen LogP contribution in [0.25, 0.3) is 11.3 Å². The molecule has 1 aromatic carbocycles. The highest BCUT2D eigenvalue weighted by molar-refractivity contribution is 7.12. The second-order valence-corrected chi connectivity index (χ2v) is 9.24. The quantitative estimate of drug-likeness (QED) is 0.461. The van der Waals surface area contributed by atoms with E-state index in [9.17, 15) is 9.59 Å². The number of hydrogen-bond donors (Lipinski definition) is 1. The minimum absolute atomic E-state index is 0.0870. The van der Waals surface area contributed by atoms with E-state index >= 15 is 0 Å². The van der Waals surface area contributed by atoms with E-state index in [0.29, 0.717) is 47.9 Å². The molecule has 0 bridgehead atoms. The van der Waals surface area contributed by atoms with E-state index < -0.39 is 0 Å². The molecule has 7 nitrogen and oxygen atoms in total. The molecule has 8 heteroatoms. The third-order valence-corrected chi connectivity index (χ3v) is 7.05. The van der Waals surface area contributed by atoms with Crippen LogP contribution in [0.2, 0.25) is 0 Å². The number of aryl methyl sites for hydroxylation is 2. The minimum atomic E-state index is -0.101. The number of aromatic nitrogens is 2. The van der Waals surface area contributed by atoms with Crippen molar-refractivity contribution in [3.8, 4) is 11.3 Å². The molecule has 1 aliphatic rings. The van der Waals surface area contributed by atoms with Gasteiger partial charge in [-0.05, 0) is 48.4 Å². The van der Waals surface area contributed by atoms with Gasteiger partial charge in [0, 0.05) is 37.1 Å². The molecule has 34 heavy (non-hydrogen) atoms. The van der Waals surface area contributed by atoms with Gasteiger partial charge in [0.25, 0.3) is 11.8 Å². The fourth-order valence-corrected chi connectivity index (χ4v) is 5.01. The predicted molar refractivity (Wildman–Crippen MR) is 130 cm³/mol. The summed E-state index contributed by atoms with van der Waals surface area (Å²) in [6.45, 7) is 5.16. The maximum absolute atomic E-state index is 13.5. The number of pyridine rings is 1. The van der Waals surface area contributed by atoms with Crippen molar-refractivity contribution in [3.63, 3.8) is 0 Å². The predicted octanol–water partition coefficient (Wildman–Crippen LogP) is 4.54. The number of nitrogens with zero attached hydrogens (tertiary/aromatic N) is 3. The molecule has 5 rings (SSSR count). The van der Waals surface area contributed by atoms with E-state index in [2.05, 4.69) is 15.5 Å². The van der Waals surface area contributed by atoms with E-state index in [-0.39, 0.29) is 11.8 Å². The van der Waals surface area contributed by atoms with Crippen LogP contribution in [-0.4, -0.2) is 33.4 Å². The van der Waals surface area contributed by atoms with Gasteiger partial charge in [0.05, 0.1) is 4.88 Å². The van der Waals surface area contributed by atoms with E-state index in [1.165, 1.54) is 11.3 Å². The second kappa shape index (κ2) is 9.23. The molecule has 172 valence electrons. The van der Waals surface area contributed by atoms with Crippen molar-refractivity contribution in [2.75, 3.05) is 6.54 Å². The van der Waals surface area contributed by atoms with Crippen LogP contribution in [-0.2, 0) is 19.5 Å². The number of fused-ring (bicyclic) bond motifs is 1. The van der Waals surface area contributed by atoms with Gasteiger partial charge in [-0.25, -0.2) is 0 Å². The lowest BCUT2D eigenvalue weighted by Gasteiger charge is -2.30. The summed E-state index contributed by atoms with van der Waals surface area (Å²) >= 11 is 1.42. The van der Waals surface area contributed by atoms with Crippen molar-refractivity contribution in [2.45, 2.75) is 33.4 Å². The van der Waals surface area contributed by atoms with E-state index in [0.717, 1.165) is 27.9 Å². The molecule has 0 unspecified atom stereocenters. The third kappa shape index (κ3) is 4.12. The van der Waals surface area contributed by atoms with Gasteiger partial charge in [-0.2, -0.15) is 0 Å². The van der Waals surface area contributed by atoms with Gasteiger partial charge in [0.15, 0.2) is 0 Å². The van der Waals surface area contributed by atoms with Gasteiger partial charge in [-0.3, -0.25) is 14.6 Å².